The van der Waals surface area contributed by atoms with Crippen molar-refractivity contribution in [3.63, 3.8) is 0 Å². The van der Waals surface area contributed by atoms with Crippen LogP contribution in [0.4, 0.5) is 4.79 Å². The molecule has 0 heterocycles. The molecule has 144 valence electrons. The molecule has 3 rings (SSSR count). The van der Waals surface area contributed by atoms with Crippen LogP contribution in [0, 0.1) is 0 Å². The van der Waals surface area contributed by atoms with Crippen molar-refractivity contribution in [2.45, 2.75) is 82.9 Å². The summed E-state index contributed by atoms with van der Waals surface area (Å²) in [5.74, 6) is 0.747. The first-order valence-corrected chi connectivity index (χ1v) is 9.28. The zero-order chi connectivity index (χ0) is 18.9. The quantitative estimate of drug-likeness (QED) is 0.802. The largest absolute Gasteiger partial charge is 0.509 e. The number of aliphatic hydroxyl groups excluding tert-OH is 2. The van der Waals surface area contributed by atoms with E-state index in [4.69, 9.17) is 14.2 Å². The van der Waals surface area contributed by atoms with Crippen LogP contribution < -0.4 is 4.74 Å². The summed E-state index contributed by atoms with van der Waals surface area (Å²) in [5.41, 5.74) is 1.78. The van der Waals surface area contributed by atoms with E-state index in [0.29, 0.717) is 0 Å². The Morgan fingerprint density at radius 1 is 1.08 bits per heavy atom. The topological polar surface area (TPSA) is 85.2 Å². The maximum atomic E-state index is 11.8. The first-order valence-electron chi connectivity index (χ1n) is 9.28. The summed E-state index contributed by atoms with van der Waals surface area (Å²) >= 11 is 0. The minimum absolute atomic E-state index is 0.214. The molecular formula is C20H28O6. The summed E-state index contributed by atoms with van der Waals surface area (Å²) in [6, 6.07) is 5.95. The highest BCUT2D eigenvalue weighted by molar-refractivity contribution is 5.60. The highest BCUT2D eigenvalue weighted by Gasteiger charge is 2.46. The first-order chi connectivity index (χ1) is 12.2. The number of aryl methyl sites for hydroxylation is 1. The summed E-state index contributed by atoms with van der Waals surface area (Å²) < 4.78 is 16.3. The van der Waals surface area contributed by atoms with E-state index in [1.807, 2.05) is 12.1 Å². The molecule has 2 aliphatic rings. The Morgan fingerprint density at radius 2 is 1.77 bits per heavy atom. The van der Waals surface area contributed by atoms with Crippen LogP contribution >= 0.6 is 0 Å². The molecule has 0 aliphatic heterocycles. The van der Waals surface area contributed by atoms with Crippen molar-refractivity contribution in [2.75, 3.05) is 0 Å². The fourth-order valence-electron chi connectivity index (χ4n) is 3.60. The molecular weight excluding hydrogens is 336 g/mol. The van der Waals surface area contributed by atoms with Gasteiger partial charge in [-0.2, -0.15) is 0 Å². The molecule has 2 N–H and O–H groups in total. The van der Waals surface area contributed by atoms with Crippen molar-refractivity contribution in [1.29, 1.82) is 0 Å². The van der Waals surface area contributed by atoms with E-state index >= 15 is 0 Å². The Hall–Kier alpha value is -1.79. The van der Waals surface area contributed by atoms with Crippen LogP contribution in [-0.2, 0) is 22.3 Å². The second kappa shape index (κ2) is 7.45. The number of rotatable bonds is 3. The van der Waals surface area contributed by atoms with Gasteiger partial charge in [0, 0.05) is 6.42 Å². The zero-order valence-electron chi connectivity index (χ0n) is 15.6. The molecule has 26 heavy (non-hydrogen) atoms. The smallest absolute Gasteiger partial charge is 0.487 e. The Kier molecular flexibility index (Phi) is 5.44. The molecule has 1 aromatic rings. The van der Waals surface area contributed by atoms with Crippen molar-refractivity contribution >= 4 is 6.16 Å². The number of hydrogen-bond acceptors (Lipinski definition) is 6. The van der Waals surface area contributed by atoms with E-state index in [1.165, 1.54) is 17.5 Å². The first kappa shape index (κ1) is 19.0. The molecule has 0 amide bonds. The Balaban J connectivity index is 1.66. The Morgan fingerprint density at radius 3 is 2.50 bits per heavy atom. The second-order valence-corrected chi connectivity index (χ2v) is 8.09. The van der Waals surface area contributed by atoms with E-state index < -0.39 is 36.2 Å². The van der Waals surface area contributed by atoms with Gasteiger partial charge in [0.15, 0.2) is 0 Å². The SMILES string of the molecule is CC(C)(C)OC(=O)O[C@@H]1C[C@H](Oc2cccc3c2CCCC3)[C@@H](O)[C@H]1O. The van der Waals surface area contributed by atoms with Gasteiger partial charge >= 0.3 is 6.16 Å². The number of fused-ring (bicyclic) bond motifs is 1. The van der Waals surface area contributed by atoms with Gasteiger partial charge < -0.3 is 24.4 Å². The van der Waals surface area contributed by atoms with Gasteiger partial charge in [0.2, 0.25) is 0 Å². The van der Waals surface area contributed by atoms with Gasteiger partial charge in [0.1, 0.15) is 35.8 Å². The molecule has 2 aliphatic carbocycles. The lowest BCUT2D eigenvalue weighted by Crippen LogP contribution is -2.37. The molecule has 1 fully saturated rings. The highest BCUT2D eigenvalue weighted by atomic mass is 16.7. The molecule has 6 heteroatoms. The maximum Gasteiger partial charge on any atom is 0.509 e. The predicted octanol–water partition coefficient (Wildman–Crippen LogP) is 2.76. The van der Waals surface area contributed by atoms with Crippen molar-refractivity contribution < 1.29 is 29.2 Å². The fourth-order valence-corrected chi connectivity index (χ4v) is 3.60. The van der Waals surface area contributed by atoms with Crippen LogP contribution in [0.25, 0.3) is 0 Å². The Bertz CT molecular complexity index is 650. The molecule has 0 saturated heterocycles. The van der Waals surface area contributed by atoms with Gasteiger partial charge in [-0.1, -0.05) is 12.1 Å². The number of carbonyl (C=O) groups is 1. The van der Waals surface area contributed by atoms with Crippen molar-refractivity contribution in [2.24, 2.45) is 0 Å². The molecule has 0 unspecified atom stereocenters. The number of benzene rings is 1. The van der Waals surface area contributed by atoms with E-state index in [0.717, 1.165) is 25.0 Å². The third-order valence-corrected chi connectivity index (χ3v) is 4.84. The van der Waals surface area contributed by atoms with Crippen LogP contribution in [-0.4, -0.2) is 46.4 Å². The summed E-state index contributed by atoms with van der Waals surface area (Å²) in [6.45, 7) is 5.20. The average Bonchev–Trinajstić information content (AvgIpc) is 2.81. The maximum absolute atomic E-state index is 11.8. The lowest BCUT2D eigenvalue weighted by Gasteiger charge is -2.23. The number of aliphatic hydroxyl groups is 2. The minimum Gasteiger partial charge on any atom is -0.487 e. The fraction of sp³-hybridized carbons (Fsp3) is 0.650. The zero-order valence-corrected chi connectivity index (χ0v) is 15.6. The van der Waals surface area contributed by atoms with E-state index in [9.17, 15) is 15.0 Å². The third-order valence-electron chi connectivity index (χ3n) is 4.84. The number of carbonyl (C=O) groups excluding carboxylic acids is 1. The second-order valence-electron chi connectivity index (χ2n) is 8.09. The summed E-state index contributed by atoms with van der Waals surface area (Å²) in [4.78, 5) is 11.8. The molecule has 0 bridgehead atoms. The molecule has 1 aromatic carbocycles. The van der Waals surface area contributed by atoms with Gasteiger partial charge in [-0.3, -0.25) is 0 Å². The van der Waals surface area contributed by atoms with E-state index in [1.54, 1.807) is 20.8 Å². The van der Waals surface area contributed by atoms with Crippen molar-refractivity contribution in [3.8, 4) is 5.75 Å². The molecule has 0 spiro atoms. The van der Waals surface area contributed by atoms with Crippen LogP contribution in [0.15, 0.2) is 18.2 Å². The molecule has 1 saturated carbocycles. The van der Waals surface area contributed by atoms with Gasteiger partial charge in [0.05, 0.1) is 0 Å². The lowest BCUT2D eigenvalue weighted by molar-refractivity contribution is -0.0698. The van der Waals surface area contributed by atoms with E-state index in [-0.39, 0.29) is 6.42 Å². The van der Waals surface area contributed by atoms with Crippen LogP contribution in [0.3, 0.4) is 0 Å². The van der Waals surface area contributed by atoms with Crippen LogP contribution in [0.2, 0.25) is 0 Å². The lowest BCUT2D eigenvalue weighted by atomic mass is 9.91. The van der Waals surface area contributed by atoms with Crippen molar-refractivity contribution in [1.82, 2.24) is 0 Å². The monoisotopic (exact) mass is 364 g/mol. The summed E-state index contributed by atoms with van der Waals surface area (Å²) in [5, 5.41) is 20.6. The van der Waals surface area contributed by atoms with Gasteiger partial charge in [-0.05, 0) is 63.6 Å². The standard InChI is InChI=1S/C20H28O6/c1-20(2,3)26-19(23)25-16-11-15(17(21)18(16)22)24-14-10-6-8-12-7-4-5-9-13(12)14/h6,8,10,15-18,21-22H,4-5,7,9,11H2,1-3H3/t15-,16+,17+,18-/m0/s1. The third kappa shape index (κ3) is 4.30. The summed E-state index contributed by atoms with van der Waals surface area (Å²) in [7, 11) is 0. The van der Waals surface area contributed by atoms with E-state index in [2.05, 4.69) is 6.07 Å². The van der Waals surface area contributed by atoms with Crippen LogP contribution in [0.1, 0.15) is 51.2 Å². The highest BCUT2D eigenvalue weighted by Crippen LogP contribution is 2.34. The molecule has 4 atom stereocenters. The molecule has 0 aromatic heterocycles. The number of ether oxygens (including phenoxy) is 3. The molecule has 0 radical (unpaired) electrons. The Labute approximate surface area is 154 Å². The van der Waals surface area contributed by atoms with Gasteiger partial charge in [-0.15, -0.1) is 0 Å². The van der Waals surface area contributed by atoms with Crippen LogP contribution in [0.5, 0.6) is 5.75 Å². The van der Waals surface area contributed by atoms with Gasteiger partial charge in [0.25, 0.3) is 0 Å². The molecule has 6 nitrogen and oxygen atoms in total. The predicted molar refractivity (Wildman–Crippen MR) is 95.2 cm³/mol. The minimum atomic E-state index is -1.20. The average molecular weight is 364 g/mol. The van der Waals surface area contributed by atoms with Crippen molar-refractivity contribution in [3.05, 3.63) is 29.3 Å². The summed E-state index contributed by atoms with van der Waals surface area (Å²) in [6.07, 6.45) is -0.177. The van der Waals surface area contributed by atoms with Gasteiger partial charge in [-0.25, -0.2) is 4.79 Å². The normalized spacial score (nSPS) is 28.3. The number of hydrogen-bond donors (Lipinski definition) is 2.